The Hall–Kier alpha value is -0.980. The van der Waals surface area contributed by atoms with Crippen molar-refractivity contribution in [3.05, 3.63) is 38.5 Å². The number of allylic oxidation sites excluding steroid dienone is 1. The summed E-state index contributed by atoms with van der Waals surface area (Å²) in [6, 6.07) is 4.00. The first-order valence-corrected chi connectivity index (χ1v) is 7.23. The van der Waals surface area contributed by atoms with E-state index in [-0.39, 0.29) is 0 Å². The van der Waals surface area contributed by atoms with Gasteiger partial charge in [-0.05, 0) is 28.1 Å². The number of rotatable bonds is 4. The second kappa shape index (κ2) is 5.57. The van der Waals surface area contributed by atoms with Crippen LogP contribution in [0.25, 0.3) is 10.6 Å². The zero-order valence-electron chi connectivity index (χ0n) is 8.59. The number of carbonyl (C=O) groups is 1. The van der Waals surface area contributed by atoms with Crippen LogP contribution in [0.2, 0.25) is 0 Å². The third-order valence-electron chi connectivity index (χ3n) is 1.93. The minimum Gasteiger partial charge on any atom is -0.478 e. The molecule has 0 aliphatic rings. The number of nitrogens with zero attached hydrogens (tertiary/aromatic N) is 1. The highest BCUT2D eigenvalue weighted by molar-refractivity contribution is 9.11. The normalized spacial score (nSPS) is 11.1. The Balaban J connectivity index is 2.08. The Morgan fingerprint density at radius 2 is 2.35 bits per heavy atom. The number of hydrogen-bond donors (Lipinski definition) is 1. The molecule has 0 radical (unpaired) electrons. The van der Waals surface area contributed by atoms with Gasteiger partial charge in [-0.3, -0.25) is 0 Å². The van der Waals surface area contributed by atoms with Gasteiger partial charge in [0.25, 0.3) is 0 Å². The molecule has 2 aromatic rings. The molecule has 0 aliphatic carbocycles. The van der Waals surface area contributed by atoms with Gasteiger partial charge < -0.3 is 5.11 Å². The fraction of sp³-hybridized carbons (Fsp3) is 0.0909. The van der Waals surface area contributed by atoms with E-state index in [2.05, 4.69) is 20.9 Å². The summed E-state index contributed by atoms with van der Waals surface area (Å²) in [4.78, 5) is 15.9. The van der Waals surface area contributed by atoms with Crippen molar-refractivity contribution in [1.29, 1.82) is 0 Å². The lowest BCUT2D eigenvalue weighted by atomic mass is 10.3. The number of thiazole rings is 1. The van der Waals surface area contributed by atoms with Crippen LogP contribution < -0.4 is 0 Å². The van der Waals surface area contributed by atoms with Gasteiger partial charge in [0.05, 0.1) is 19.4 Å². The molecule has 0 aliphatic heterocycles. The lowest BCUT2D eigenvalue weighted by molar-refractivity contribution is -0.131. The average molecular weight is 330 g/mol. The molecule has 2 rings (SSSR count). The minimum atomic E-state index is -0.927. The quantitative estimate of drug-likeness (QED) is 0.867. The van der Waals surface area contributed by atoms with Crippen LogP contribution in [0.5, 0.6) is 0 Å². The number of aliphatic carboxylic acids is 1. The van der Waals surface area contributed by atoms with Crippen LogP contribution in [0.15, 0.2) is 33.5 Å². The Morgan fingerprint density at radius 3 is 3.00 bits per heavy atom. The summed E-state index contributed by atoms with van der Waals surface area (Å²) in [5.41, 5.74) is 0.949. The highest BCUT2D eigenvalue weighted by atomic mass is 79.9. The number of halogens is 1. The molecule has 2 aromatic heterocycles. The molecule has 2 heterocycles. The first-order chi connectivity index (χ1) is 8.15. The van der Waals surface area contributed by atoms with Gasteiger partial charge in [-0.15, -0.1) is 22.7 Å². The highest BCUT2D eigenvalue weighted by Crippen LogP contribution is 2.31. The number of thiophene rings is 1. The average Bonchev–Trinajstić information content (AvgIpc) is 2.86. The zero-order valence-corrected chi connectivity index (χ0v) is 11.8. The van der Waals surface area contributed by atoms with Gasteiger partial charge >= 0.3 is 5.97 Å². The molecule has 1 N–H and O–H groups in total. The fourth-order valence-corrected chi connectivity index (χ4v) is 3.42. The van der Waals surface area contributed by atoms with E-state index in [1.807, 2.05) is 17.5 Å². The first-order valence-electron chi connectivity index (χ1n) is 4.75. The predicted molar refractivity (Wildman–Crippen MR) is 73.6 cm³/mol. The van der Waals surface area contributed by atoms with Crippen molar-refractivity contribution in [3.63, 3.8) is 0 Å². The van der Waals surface area contributed by atoms with Gasteiger partial charge in [0.15, 0.2) is 0 Å². The SMILES string of the molecule is O=C(O)/C=C/Cc1nc(-c2ccc(Br)s2)cs1. The van der Waals surface area contributed by atoms with E-state index in [4.69, 9.17) is 5.11 Å². The predicted octanol–water partition coefficient (Wildman–Crippen LogP) is 3.82. The molecule has 0 aromatic carbocycles. The molecule has 88 valence electrons. The van der Waals surface area contributed by atoms with Crippen LogP contribution in [0, 0.1) is 0 Å². The summed E-state index contributed by atoms with van der Waals surface area (Å²) in [7, 11) is 0. The Labute approximate surface area is 115 Å². The molecule has 0 amide bonds. The lowest BCUT2D eigenvalue weighted by Crippen LogP contribution is -1.87. The summed E-state index contributed by atoms with van der Waals surface area (Å²) >= 11 is 6.58. The molecule has 0 saturated heterocycles. The maximum absolute atomic E-state index is 10.3. The molecule has 17 heavy (non-hydrogen) atoms. The van der Waals surface area contributed by atoms with Crippen LogP contribution in [0.3, 0.4) is 0 Å². The van der Waals surface area contributed by atoms with Crippen LogP contribution in [-0.2, 0) is 11.2 Å². The van der Waals surface area contributed by atoms with Gasteiger partial charge in [-0.2, -0.15) is 0 Å². The topological polar surface area (TPSA) is 50.2 Å². The number of aromatic nitrogens is 1. The number of carboxylic acid groups (broad SMARTS) is 1. The third kappa shape index (κ3) is 3.49. The monoisotopic (exact) mass is 329 g/mol. The second-order valence-corrected chi connectivity index (χ2v) is 6.58. The Morgan fingerprint density at radius 1 is 1.53 bits per heavy atom. The van der Waals surface area contributed by atoms with Crippen molar-refractivity contribution in [3.8, 4) is 10.6 Å². The van der Waals surface area contributed by atoms with Gasteiger partial charge in [-0.25, -0.2) is 9.78 Å². The van der Waals surface area contributed by atoms with Gasteiger partial charge in [0.1, 0.15) is 0 Å². The zero-order chi connectivity index (χ0) is 12.3. The maximum atomic E-state index is 10.3. The van der Waals surface area contributed by atoms with E-state index in [1.54, 1.807) is 28.7 Å². The van der Waals surface area contributed by atoms with Gasteiger partial charge in [0, 0.05) is 17.9 Å². The molecule has 6 heteroatoms. The molecule has 0 fully saturated rings. The van der Waals surface area contributed by atoms with E-state index < -0.39 is 5.97 Å². The van der Waals surface area contributed by atoms with Crippen molar-refractivity contribution >= 4 is 44.6 Å². The molecular formula is C11H8BrNO2S2. The van der Waals surface area contributed by atoms with Crippen molar-refractivity contribution < 1.29 is 9.90 Å². The highest BCUT2D eigenvalue weighted by Gasteiger charge is 2.05. The second-order valence-electron chi connectivity index (χ2n) is 3.17. The van der Waals surface area contributed by atoms with E-state index in [0.717, 1.165) is 25.4 Å². The Kier molecular flexibility index (Phi) is 4.09. The Bertz CT molecular complexity index is 559. The van der Waals surface area contributed by atoms with Crippen LogP contribution >= 0.6 is 38.6 Å². The summed E-state index contributed by atoms with van der Waals surface area (Å²) in [5.74, 6) is -0.927. The molecule has 0 atom stereocenters. The molecule has 3 nitrogen and oxygen atoms in total. The third-order valence-corrected chi connectivity index (χ3v) is 4.45. The van der Waals surface area contributed by atoms with E-state index >= 15 is 0 Å². The van der Waals surface area contributed by atoms with Crippen LogP contribution in [-0.4, -0.2) is 16.1 Å². The summed E-state index contributed by atoms with van der Waals surface area (Å²) in [5, 5.41) is 11.4. The van der Waals surface area contributed by atoms with Gasteiger partial charge in [-0.1, -0.05) is 6.08 Å². The molecule has 0 saturated carbocycles. The minimum absolute atomic E-state index is 0.559. The summed E-state index contributed by atoms with van der Waals surface area (Å²) in [6.07, 6.45) is 3.31. The largest absolute Gasteiger partial charge is 0.478 e. The summed E-state index contributed by atoms with van der Waals surface area (Å²) in [6.45, 7) is 0. The van der Waals surface area contributed by atoms with Crippen molar-refractivity contribution in [2.75, 3.05) is 0 Å². The molecular weight excluding hydrogens is 322 g/mol. The lowest BCUT2D eigenvalue weighted by Gasteiger charge is -1.88. The standard InChI is InChI=1S/C11H8BrNO2S2/c12-9-5-4-8(17-9)7-6-16-10(13-7)2-1-3-11(14)15/h1,3-6H,2H2,(H,14,15)/b3-1+. The molecule has 0 spiro atoms. The van der Waals surface area contributed by atoms with Crippen molar-refractivity contribution in [2.24, 2.45) is 0 Å². The smallest absolute Gasteiger partial charge is 0.327 e. The van der Waals surface area contributed by atoms with Crippen LogP contribution in [0.4, 0.5) is 0 Å². The van der Waals surface area contributed by atoms with Gasteiger partial charge in [0.2, 0.25) is 0 Å². The fourth-order valence-electron chi connectivity index (χ4n) is 1.23. The van der Waals surface area contributed by atoms with Crippen molar-refractivity contribution in [1.82, 2.24) is 4.98 Å². The van der Waals surface area contributed by atoms with E-state index in [9.17, 15) is 4.79 Å². The molecule has 0 unspecified atom stereocenters. The van der Waals surface area contributed by atoms with E-state index in [0.29, 0.717) is 6.42 Å². The van der Waals surface area contributed by atoms with E-state index in [1.165, 1.54) is 0 Å². The number of carboxylic acids is 1. The van der Waals surface area contributed by atoms with Crippen LogP contribution in [0.1, 0.15) is 5.01 Å². The first kappa shape index (κ1) is 12.5. The number of hydrogen-bond acceptors (Lipinski definition) is 4. The summed E-state index contributed by atoms with van der Waals surface area (Å²) < 4.78 is 1.08. The van der Waals surface area contributed by atoms with Crippen molar-refractivity contribution in [2.45, 2.75) is 6.42 Å². The maximum Gasteiger partial charge on any atom is 0.327 e. The molecule has 0 bridgehead atoms.